The van der Waals surface area contributed by atoms with Crippen LogP contribution in [0.4, 0.5) is 4.79 Å². The van der Waals surface area contributed by atoms with Gasteiger partial charge >= 0.3 is 12.1 Å². The molecule has 1 aliphatic rings. The van der Waals surface area contributed by atoms with Gasteiger partial charge in [0.2, 0.25) is 0 Å². The minimum absolute atomic E-state index is 0.229. The molecule has 5 heteroatoms. The van der Waals surface area contributed by atoms with Crippen LogP contribution in [0.15, 0.2) is 30.3 Å². The number of hydrogen-bond donors (Lipinski definition) is 2. The zero-order valence-electron chi connectivity index (χ0n) is 15.1. The zero-order valence-corrected chi connectivity index (χ0v) is 15.1. The summed E-state index contributed by atoms with van der Waals surface area (Å²) in [6.45, 7) is 9.20. The van der Waals surface area contributed by atoms with Crippen LogP contribution in [-0.2, 0) is 16.0 Å². The Hall–Kier alpha value is -2.04. The highest BCUT2D eigenvalue weighted by Gasteiger charge is 2.65. The molecule has 1 fully saturated rings. The average Bonchev–Trinajstić information content (AvgIpc) is 2.44. The molecule has 0 aromatic heterocycles. The van der Waals surface area contributed by atoms with Crippen molar-refractivity contribution in [3.63, 3.8) is 0 Å². The quantitative estimate of drug-likeness (QED) is 0.882. The molecule has 2 atom stereocenters. The number of carboxylic acids is 1. The molecule has 1 aromatic rings. The molecule has 5 nitrogen and oxygen atoms in total. The van der Waals surface area contributed by atoms with E-state index in [1.165, 1.54) is 0 Å². The summed E-state index contributed by atoms with van der Waals surface area (Å²) in [4.78, 5) is 24.0. The van der Waals surface area contributed by atoms with E-state index in [9.17, 15) is 14.7 Å². The van der Waals surface area contributed by atoms with Crippen LogP contribution < -0.4 is 5.32 Å². The van der Waals surface area contributed by atoms with E-state index < -0.39 is 28.5 Å². The number of carboxylic acid groups (broad SMARTS) is 1. The van der Waals surface area contributed by atoms with E-state index in [0.717, 1.165) is 5.56 Å². The largest absolute Gasteiger partial charge is 0.481 e. The van der Waals surface area contributed by atoms with Gasteiger partial charge in [0.05, 0.1) is 5.41 Å². The third-order valence-electron chi connectivity index (χ3n) is 5.11. The third kappa shape index (κ3) is 3.40. The summed E-state index contributed by atoms with van der Waals surface area (Å²) in [6.07, 6.45) is 0.339. The highest BCUT2D eigenvalue weighted by molar-refractivity contribution is 5.79. The van der Waals surface area contributed by atoms with Gasteiger partial charge in [0.1, 0.15) is 5.60 Å². The lowest BCUT2D eigenvalue weighted by molar-refractivity contribution is -0.177. The first kappa shape index (κ1) is 18.3. The van der Waals surface area contributed by atoms with E-state index >= 15 is 0 Å². The molecule has 2 N–H and O–H groups in total. The molecule has 0 aliphatic heterocycles. The Bertz CT molecular complexity index is 618. The van der Waals surface area contributed by atoms with Crippen LogP contribution in [0.2, 0.25) is 0 Å². The summed E-state index contributed by atoms with van der Waals surface area (Å²) in [7, 11) is 0. The lowest BCUT2D eigenvalue weighted by Crippen LogP contribution is -2.68. The zero-order chi connectivity index (χ0) is 18.2. The standard InChI is InChI=1S/C19H27NO4/c1-17(2,3)24-16(23)20-14-12-19(15(21)22,18(14,4)5)11-13-9-7-6-8-10-13/h6-10,14H,11-12H2,1-5H3,(H,20,23)(H,21,22)/t14-,19-/m1/s1. The Morgan fingerprint density at radius 3 is 2.29 bits per heavy atom. The molecule has 0 spiro atoms. The van der Waals surface area contributed by atoms with Crippen molar-refractivity contribution in [1.82, 2.24) is 5.32 Å². The van der Waals surface area contributed by atoms with E-state index in [1.54, 1.807) is 20.8 Å². The van der Waals surface area contributed by atoms with Gasteiger partial charge < -0.3 is 15.2 Å². The van der Waals surface area contributed by atoms with Crippen LogP contribution in [0, 0.1) is 10.8 Å². The minimum Gasteiger partial charge on any atom is -0.481 e. The maximum Gasteiger partial charge on any atom is 0.407 e. The first-order valence-electron chi connectivity index (χ1n) is 8.25. The maximum absolute atomic E-state index is 12.0. The van der Waals surface area contributed by atoms with Gasteiger partial charge in [0, 0.05) is 11.5 Å². The number of benzene rings is 1. The van der Waals surface area contributed by atoms with Crippen molar-refractivity contribution in [2.45, 2.75) is 59.1 Å². The van der Waals surface area contributed by atoms with Gasteiger partial charge in [-0.2, -0.15) is 0 Å². The number of amides is 1. The first-order valence-corrected chi connectivity index (χ1v) is 8.25. The lowest BCUT2D eigenvalue weighted by atomic mass is 9.46. The fraction of sp³-hybridized carbons (Fsp3) is 0.579. The Labute approximate surface area is 143 Å². The maximum atomic E-state index is 12.0. The monoisotopic (exact) mass is 333 g/mol. The number of hydrogen-bond acceptors (Lipinski definition) is 3. The summed E-state index contributed by atoms with van der Waals surface area (Å²) < 4.78 is 5.29. The molecule has 0 bridgehead atoms. The molecule has 1 saturated carbocycles. The minimum atomic E-state index is -0.895. The Morgan fingerprint density at radius 2 is 1.83 bits per heavy atom. The van der Waals surface area contributed by atoms with Crippen LogP contribution in [-0.4, -0.2) is 28.8 Å². The fourth-order valence-electron chi connectivity index (χ4n) is 3.43. The number of aliphatic carboxylic acids is 1. The second-order valence-corrected chi connectivity index (χ2v) is 8.17. The van der Waals surface area contributed by atoms with Crippen LogP contribution in [0.25, 0.3) is 0 Å². The number of ether oxygens (including phenoxy) is 1. The molecule has 0 saturated heterocycles. The Kier molecular flexibility index (Phi) is 4.66. The molecular weight excluding hydrogens is 306 g/mol. The molecule has 1 amide bonds. The van der Waals surface area contributed by atoms with Gasteiger partial charge in [0.15, 0.2) is 0 Å². The Balaban J connectivity index is 2.13. The van der Waals surface area contributed by atoms with Crippen molar-refractivity contribution >= 4 is 12.1 Å². The van der Waals surface area contributed by atoms with Gasteiger partial charge in [0.25, 0.3) is 0 Å². The third-order valence-corrected chi connectivity index (χ3v) is 5.11. The molecule has 24 heavy (non-hydrogen) atoms. The fourth-order valence-corrected chi connectivity index (χ4v) is 3.43. The second kappa shape index (κ2) is 6.11. The molecule has 1 aromatic carbocycles. The van der Waals surface area contributed by atoms with Crippen molar-refractivity contribution in [1.29, 1.82) is 0 Å². The van der Waals surface area contributed by atoms with E-state index in [4.69, 9.17) is 4.74 Å². The van der Waals surface area contributed by atoms with Gasteiger partial charge in [-0.1, -0.05) is 44.2 Å². The first-order chi connectivity index (χ1) is 11.0. The van der Waals surface area contributed by atoms with Crippen LogP contribution in [0.1, 0.15) is 46.6 Å². The van der Waals surface area contributed by atoms with Crippen molar-refractivity contribution in [2.24, 2.45) is 10.8 Å². The Morgan fingerprint density at radius 1 is 1.25 bits per heavy atom. The predicted molar refractivity (Wildman–Crippen MR) is 91.8 cm³/mol. The topological polar surface area (TPSA) is 75.6 Å². The van der Waals surface area contributed by atoms with Gasteiger partial charge in [-0.3, -0.25) is 4.79 Å². The summed E-state index contributed by atoms with van der Waals surface area (Å²) in [5, 5.41) is 12.7. The summed E-state index contributed by atoms with van der Waals surface area (Å²) in [6, 6.07) is 9.38. The second-order valence-electron chi connectivity index (χ2n) is 8.17. The SMILES string of the molecule is CC(C)(C)OC(=O)N[C@@H]1C[C@](Cc2ccccc2)(C(=O)O)C1(C)C. The normalized spacial score (nSPS) is 25.5. The molecule has 0 radical (unpaired) electrons. The predicted octanol–water partition coefficient (Wildman–Crippen LogP) is 3.62. The van der Waals surface area contributed by atoms with Crippen molar-refractivity contribution in [3.05, 3.63) is 35.9 Å². The molecule has 1 aliphatic carbocycles. The van der Waals surface area contributed by atoms with Crippen molar-refractivity contribution < 1.29 is 19.4 Å². The molecule has 0 unspecified atom stereocenters. The number of carbonyl (C=O) groups excluding carboxylic acids is 1. The lowest BCUT2D eigenvalue weighted by Gasteiger charge is -2.59. The summed E-state index contributed by atoms with van der Waals surface area (Å²) in [5.41, 5.74) is -1.06. The highest BCUT2D eigenvalue weighted by Crippen LogP contribution is 2.58. The van der Waals surface area contributed by atoms with E-state index in [2.05, 4.69) is 5.32 Å². The number of carbonyl (C=O) groups is 2. The van der Waals surface area contributed by atoms with Gasteiger partial charge in [-0.05, 0) is 39.2 Å². The molecule has 0 heterocycles. The average molecular weight is 333 g/mol. The number of rotatable bonds is 4. The smallest absolute Gasteiger partial charge is 0.407 e. The molecule has 2 rings (SSSR count). The van der Waals surface area contributed by atoms with Gasteiger partial charge in [-0.25, -0.2) is 4.79 Å². The van der Waals surface area contributed by atoms with Crippen LogP contribution in [0.5, 0.6) is 0 Å². The number of alkyl carbamates (subject to hydrolysis) is 1. The van der Waals surface area contributed by atoms with Crippen molar-refractivity contribution in [2.75, 3.05) is 0 Å². The van der Waals surface area contributed by atoms with E-state index in [0.29, 0.717) is 12.8 Å². The van der Waals surface area contributed by atoms with Crippen LogP contribution in [0.3, 0.4) is 0 Å². The summed E-state index contributed by atoms with van der Waals surface area (Å²) in [5.74, 6) is -0.821. The van der Waals surface area contributed by atoms with Gasteiger partial charge in [-0.15, -0.1) is 0 Å². The van der Waals surface area contributed by atoms with Crippen LogP contribution >= 0.6 is 0 Å². The molecule has 132 valence electrons. The van der Waals surface area contributed by atoms with Crippen molar-refractivity contribution in [3.8, 4) is 0 Å². The summed E-state index contributed by atoms with van der Waals surface area (Å²) >= 11 is 0. The molecular formula is C19H27NO4. The van der Waals surface area contributed by atoms with E-state index in [1.807, 2.05) is 44.2 Å². The number of nitrogens with one attached hydrogen (secondary N) is 1. The van der Waals surface area contributed by atoms with E-state index in [-0.39, 0.29) is 6.04 Å². The highest BCUT2D eigenvalue weighted by atomic mass is 16.6.